The Bertz CT molecular complexity index is 273. The van der Waals surface area contributed by atoms with Crippen LogP contribution in [0.1, 0.15) is 47.0 Å². The highest BCUT2D eigenvalue weighted by Crippen LogP contribution is 2.22. The summed E-state index contributed by atoms with van der Waals surface area (Å²) in [5, 5.41) is 6.58. The first-order valence-corrected chi connectivity index (χ1v) is 8.29. The number of likely N-dealkylation sites (N-methyl/N-ethyl adjacent to an activating group) is 1. The molecule has 0 saturated carbocycles. The van der Waals surface area contributed by atoms with E-state index in [0.29, 0.717) is 18.3 Å². The highest BCUT2D eigenvalue weighted by atomic mass is 16.1. The molecule has 1 aliphatic heterocycles. The third-order valence-electron chi connectivity index (χ3n) is 4.48. The van der Waals surface area contributed by atoms with Crippen LogP contribution < -0.4 is 10.6 Å². The minimum Gasteiger partial charge on any atom is -0.352 e. The van der Waals surface area contributed by atoms with Crippen molar-refractivity contribution in [3.63, 3.8) is 0 Å². The van der Waals surface area contributed by atoms with Gasteiger partial charge >= 0.3 is 0 Å². The fraction of sp³-hybridized carbons (Fsp3) is 0.938. The molecule has 1 heterocycles. The van der Waals surface area contributed by atoms with E-state index in [1.54, 1.807) is 0 Å². The van der Waals surface area contributed by atoms with E-state index < -0.39 is 0 Å². The van der Waals surface area contributed by atoms with Gasteiger partial charge in [0.15, 0.2) is 0 Å². The van der Waals surface area contributed by atoms with Crippen LogP contribution in [0.3, 0.4) is 0 Å². The lowest BCUT2D eigenvalue weighted by molar-refractivity contribution is -0.123. The van der Waals surface area contributed by atoms with Gasteiger partial charge in [-0.1, -0.05) is 20.8 Å². The van der Waals surface area contributed by atoms with Gasteiger partial charge in [-0.25, -0.2) is 0 Å². The molecule has 0 bridgehead atoms. The molecule has 118 valence electrons. The second-order valence-corrected chi connectivity index (χ2v) is 6.24. The molecule has 4 nitrogen and oxygen atoms in total. The third kappa shape index (κ3) is 6.23. The molecule has 2 N–H and O–H groups in total. The van der Waals surface area contributed by atoms with Gasteiger partial charge < -0.3 is 15.5 Å². The Morgan fingerprint density at radius 2 is 2.05 bits per heavy atom. The highest BCUT2D eigenvalue weighted by Gasteiger charge is 2.22. The molecule has 3 atom stereocenters. The maximum atomic E-state index is 12.1. The van der Waals surface area contributed by atoms with Gasteiger partial charge in [0.2, 0.25) is 5.91 Å². The largest absolute Gasteiger partial charge is 0.352 e. The molecule has 20 heavy (non-hydrogen) atoms. The highest BCUT2D eigenvalue weighted by molar-refractivity contribution is 5.76. The average molecular weight is 283 g/mol. The summed E-state index contributed by atoms with van der Waals surface area (Å²) in [6.45, 7) is 13.9. The van der Waals surface area contributed by atoms with Gasteiger partial charge in [0.25, 0.3) is 0 Å². The third-order valence-corrected chi connectivity index (χ3v) is 4.48. The molecule has 0 spiro atoms. The van der Waals surface area contributed by atoms with Crippen LogP contribution in [0.4, 0.5) is 0 Å². The number of amides is 1. The van der Waals surface area contributed by atoms with Crippen LogP contribution in [0, 0.1) is 11.8 Å². The minimum atomic E-state index is 0.211. The lowest BCUT2D eigenvalue weighted by Gasteiger charge is -2.29. The number of rotatable bonds is 8. The summed E-state index contributed by atoms with van der Waals surface area (Å²) < 4.78 is 0. The predicted octanol–water partition coefficient (Wildman–Crippen LogP) is 1.86. The van der Waals surface area contributed by atoms with Crippen LogP contribution >= 0.6 is 0 Å². The van der Waals surface area contributed by atoms with E-state index in [9.17, 15) is 4.79 Å². The molecular formula is C16H33N3O. The predicted molar refractivity (Wildman–Crippen MR) is 84.8 cm³/mol. The SMILES string of the molecule is CCN(CC)CC(C)NC(=O)CC(C)C1CCCNC1. The molecule has 1 rings (SSSR count). The smallest absolute Gasteiger partial charge is 0.220 e. The monoisotopic (exact) mass is 283 g/mol. The number of hydrogen-bond donors (Lipinski definition) is 2. The maximum absolute atomic E-state index is 12.1. The summed E-state index contributed by atoms with van der Waals surface area (Å²) in [5.74, 6) is 1.35. The molecule has 0 aliphatic carbocycles. The molecule has 0 aromatic carbocycles. The van der Waals surface area contributed by atoms with E-state index in [1.165, 1.54) is 12.8 Å². The molecule has 0 aromatic heterocycles. The van der Waals surface area contributed by atoms with Crippen LogP contribution in [0.5, 0.6) is 0 Å². The van der Waals surface area contributed by atoms with Gasteiger partial charge in [-0.05, 0) is 57.8 Å². The van der Waals surface area contributed by atoms with Crippen molar-refractivity contribution < 1.29 is 4.79 Å². The van der Waals surface area contributed by atoms with E-state index in [0.717, 1.165) is 32.7 Å². The number of piperidine rings is 1. The van der Waals surface area contributed by atoms with Gasteiger partial charge in [0.05, 0.1) is 0 Å². The first-order valence-electron chi connectivity index (χ1n) is 8.29. The van der Waals surface area contributed by atoms with Gasteiger partial charge in [-0.2, -0.15) is 0 Å². The topological polar surface area (TPSA) is 44.4 Å². The Hall–Kier alpha value is -0.610. The summed E-state index contributed by atoms with van der Waals surface area (Å²) in [6, 6.07) is 0.235. The van der Waals surface area contributed by atoms with Gasteiger partial charge in [0, 0.05) is 19.0 Å². The molecule has 1 amide bonds. The van der Waals surface area contributed by atoms with Gasteiger partial charge in [-0.3, -0.25) is 4.79 Å². The standard InChI is InChI=1S/C16H33N3O/c1-5-19(6-2)12-14(4)18-16(20)10-13(3)15-8-7-9-17-11-15/h13-15,17H,5-12H2,1-4H3,(H,18,20). The number of carbonyl (C=O) groups is 1. The number of carbonyl (C=O) groups excluding carboxylic acids is 1. The zero-order valence-corrected chi connectivity index (χ0v) is 13.7. The molecule has 1 fully saturated rings. The first-order chi connectivity index (χ1) is 9.56. The Labute approximate surface area is 124 Å². The zero-order valence-electron chi connectivity index (χ0n) is 13.7. The van der Waals surface area contributed by atoms with E-state index >= 15 is 0 Å². The van der Waals surface area contributed by atoms with Crippen LogP contribution in [-0.4, -0.2) is 49.6 Å². The van der Waals surface area contributed by atoms with Crippen molar-refractivity contribution in [1.29, 1.82) is 0 Å². The Morgan fingerprint density at radius 3 is 2.60 bits per heavy atom. The molecule has 1 aliphatic rings. The minimum absolute atomic E-state index is 0.211. The lowest BCUT2D eigenvalue weighted by Crippen LogP contribution is -2.43. The summed E-state index contributed by atoms with van der Waals surface area (Å²) in [5.41, 5.74) is 0. The van der Waals surface area contributed by atoms with Gasteiger partial charge in [-0.15, -0.1) is 0 Å². The van der Waals surface area contributed by atoms with Crippen molar-refractivity contribution in [2.24, 2.45) is 11.8 Å². The second kappa shape index (κ2) is 9.35. The molecule has 0 aromatic rings. The Balaban J connectivity index is 2.27. The summed E-state index contributed by atoms with van der Waals surface area (Å²) in [4.78, 5) is 14.5. The van der Waals surface area contributed by atoms with Crippen molar-refractivity contribution in [2.75, 3.05) is 32.7 Å². The van der Waals surface area contributed by atoms with E-state index in [4.69, 9.17) is 0 Å². The van der Waals surface area contributed by atoms with Crippen molar-refractivity contribution in [3.8, 4) is 0 Å². The number of nitrogens with one attached hydrogen (secondary N) is 2. The fourth-order valence-electron chi connectivity index (χ4n) is 3.07. The molecule has 1 saturated heterocycles. The molecule has 3 unspecified atom stereocenters. The number of hydrogen-bond acceptors (Lipinski definition) is 3. The van der Waals surface area contributed by atoms with Crippen molar-refractivity contribution in [2.45, 2.75) is 53.0 Å². The zero-order chi connectivity index (χ0) is 15.0. The summed E-state index contributed by atoms with van der Waals surface area (Å²) >= 11 is 0. The van der Waals surface area contributed by atoms with E-state index in [2.05, 4.69) is 43.2 Å². The van der Waals surface area contributed by atoms with Crippen molar-refractivity contribution >= 4 is 5.91 Å². The summed E-state index contributed by atoms with van der Waals surface area (Å²) in [6.07, 6.45) is 3.17. The van der Waals surface area contributed by atoms with E-state index in [-0.39, 0.29) is 11.9 Å². The second-order valence-electron chi connectivity index (χ2n) is 6.24. The summed E-state index contributed by atoms with van der Waals surface area (Å²) in [7, 11) is 0. The fourth-order valence-corrected chi connectivity index (χ4v) is 3.07. The van der Waals surface area contributed by atoms with Crippen molar-refractivity contribution in [1.82, 2.24) is 15.5 Å². The van der Waals surface area contributed by atoms with Crippen molar-refractivity contribution in [3.05, 3.63) is 0 Å². The Kier molecular flexibility index (Phi) is 8.15. The van der Waals surface area contributed by atoms with Crippen LogP contribution in [0.25, 0.3) is 0 Å². The average Bonchev–Trinajstić information content (AvgIpc) is 2.45. The lowest BCUT2D eigenvalue weighted by atomic mass is 9.85. The molecule has 0 radical (unpaired) electrons. The van der Waals surface area contributed by atoms with Crippen LogP contribution in [0.15, 0.2) is 0 Å². The normalized spacial score (nSPS) is 22.6. The first kappa shape index (κ1) is 17.4. The Morgan fingerprint density at radius 1 is 1.35 bits per heavy atom. The number of nitrogens with zero attached hydrogens (tertiary/aromatic N) is 1. The van der Waals surface area contributed by atoms with E-state index in [1.807, 2.05) is 0 Å². The molecular weight excluding hydrogens is 250 g/mol. The van der Waals surface area contributed by atoms with Gasteiger partial charge in [0.1, 0.15) is 0 Å². The van der Waals surface area contributed by atoms with Crippen LogP contribution in [-0.2, 0) is 4.79 Å². The quantitative estimate of drug-likeness (QED) is 0.714. The maximum Gasteiger partial charge on any atom is 0.220 e. The van der Waals surface area contributed by atoms with Crippen LogP contribution in [0.2, 0.25) is 0 Å². The molecule has 4 heteroatoms.